The molecular weight excluding hydrogens is 345 g/mol. The van der Waals surface area contributed by atoms with Gasteiger partial charge in [-0.25, -0.2) is 9.37 Å². The molecule has 0 aliphatic heterocycles. The maximum Gasteiger partial charge on any atom is 0.221 e. The monoisotopic (exact) mass is 365 g/mol. The first kappa shape index (κ1) is 18.5. The molecule has 1 amide bonds. The molecule has 6 heteroatoms. The Hall–Kier alpha value is -3.28. The molecule has 0 fully saturated rings. The SMILES string of the molecule is Cn1ccnc1[C@H](NC(=O)CCC(=O)c1ccccc1)c1cccc(F)c1. The number of nitrogens with one attached hydrogen (secondary N) is 1. The molecule has 3 aromatic rings. The number of halogens is 1. The van der Waals surface area contributed by atoms with Crippen LogP contribution < -0.4 is 5.32 Å². The van der Waals surface area contributed by atoms with Gasteiger partial charge in [-0.15, -0.1) is 0 Å². The van der Waals surface area contributed by atoms with Crippen LogP contribution in [0.3, 0.4) is 0 Å². The minimum atomic E-state index is -0.597. The maximum atomic E-state index is 13.7. The summed E-state index contributed by atoms with van der Waals surface area (Å²) in [6.45, 7) is 0. The number of benzene rings is 2. The number of nitrogens with zero attached hydrogens (tertiary/aromatic N) is 2. The molecule has 5 nitrogen and oxygen atoms in total. The van der Waals surface area contributed by atoms with E-state index >= 15 is 0 Å². The molecule has 0 saturated heterocycles. The molecule has 1 atom stereocenters. The smallest absolute Gasteiger partial charge is 0.221 e. The van der Waals surface area contributed by atoms with Crippen LogP contribution in [0.25, 0.3) is 0 Å². The predicted octanol–water partition coefficient (Wildman–Crippen LogP) is 3.43. The number of carbonyl (C=O) groups excluding carboxylic acids is 2. The summed E-state index contributed by atoms with van der Waals surface area (Å²) in [5.74, 6) is -0.190. The quantitative estimate of drug-likeness (QED) is 0.653. The number of hydrogen-bond acceptors (Lipinski definition) is 3. The molecular formula is C21H20FN3O2. The minimum Gasteiger partial charge on any atom is -0.342 e. The zero-order valence-corrected chi connectivity index (χ0v) is 14.9. The van der Waals surface area contributed by atoms with Crippen LogP contribution in [0, 0.1) is 5.82 Å². The van der Waals surface area contributed by atoms with Crippen molar-refractivity contribution in [3.05, 3.63) is 89.8 Å². The summed E-state index contributed by atoms with van der Waals surface area (Å²) in [4.78, 5) is 28.9. The number of aryl methyl sites for hydroxylation is 1. The van der Waals surface area contributed by atoms with E-state index in [2.05, 4.69) is 10.3 Å². The fourth-order valence-electron chi connectivity index (χ4n) is 2.87. The van der Waals surface area contributed by atoms with Gasteiger partial charge in [0.2, 0.25) is 5.91 Å². The lowest BCUT2D eigenvalue weighted by Gasteiger charge is -2.19. The second kappa shape index (κ2) is 8.40. The lowest BCUT2D eigenvalue weighted by Crippen LogP contribution is -2.31. The number of ketones is 1. The van der Waals surface area contributed by atoms with Crippen molar-refractivity contribution < 1.29 is 14.0 Å². The van der Waals surface area contributed by atoms with Crippen LogP contribution in [0.15, 0.2) is 67.0 Å². The molecule has 0 aliphatic rings. The van der Waals surface area contributed by atoms with E-state index in [4.69, 9.17) is 0 Å². The summed E-state index contributed by atoms with van der Waals surface area (Å²) in [6, 6.07) is 14.3. The van der Waals surface area contributed by atoms with Gasteiger partial charge in [0.05, 0.1) is 0 Å². The Morgan fingerprint density at radius 3 is 2.56 bits per heavy atom. The Bertz CT molecular complexity index is 937. The molecule has 0 bridgehead atoms. The Morgan fingerprint density at radius 1 is 1.11 bits per heavy atom. The Balaban J connectivity index is 1.71. The van der Waals surface area contributed by atoms with E-state index in [0.29, 0.717) is 17.0 Å². The van der Waals surface area contributed by atoms with E-state index < -0.39 is 6.04 Å². The average Bonchev–Trinajstić information content (AvgIpc) is 3.10. The largest absolute Gasteiger partial charge is 0.342 e. The van der Waals surface area contributed by atoms with Gasteiger partial charge in [-0.2, -0.15) is 0 Å². The molecule has 138 valence electrons. The number of Topliss-reactive ketones (excluding diaryl/α,β-unsaturated/α-hetero) is 1. The second-order valence-electron chi connectivity index (χ2n) is 6.24. The van der Waals surface area contributed by atoms with Crippen LogP contribution in [-0.2, 0) is 11.8 Å². The van der Waals surface area contributed by atoms with Crippen molar-refractivity contribution in [1.29, 1.82) is 0 Å². The highest BCUT2D eigenvalue weighted by Gasteiger charge is 2.21. The van der Waals surface area contributed by atoms with Crippen molar-refractivity contribution in [2.24, 2.45) is 7.05 Å². The highest BCUT2D eigenvalue weighted by molar-refractivity contribution is 5.97. The molecule has 2 aromatic carbocycles. The van der Waals surface area contributed by atoms with Crippen molar-refractivity contribution in [2.45, 2.75) is 18.9 Å². The van der Waals surface area contributed by atoms with Crippen LogP contribution >= 0.6 is 0 Å². The Kier molecular flexibility index (Phi) is 5.76. The van der Waals surface area contributed by atoms with Crippen LogP contribution in [0.5, 0.6) is 0 Å². The van der Waals surface area contributed by atoms with Gasteiger partial charge in [0.25, 0.3) is 0 Å². The van der Waals surface area contributed by atoms with E-state index in [1.54, 1.807) is 60.4 Å². The topological polar surface area (TPSA) is 64.0 Å². The Morgan fingerprint density at radius 2 is 1.89 bits per heavy atom. The van der Waals surface area contributed by atoms with Gasteiger partial charge >= 0.3 is 0 Å². The predicted molar refractivity (Wildman–Crippen MR) is 99.6 cm³/mol. The number of carbonyl (C=O) groups is 2. The highest BCUT2D eigenvalue weighted by Crippen LogP contribution is 2.21. The van der Waals surface area contributed by atoms with E-state index in [0.717, 1.165) is 0 Å². The number of aromatic nitrogens is 2. The van der Waals surface area contributed by atoms with Gasteiger partial charge in [-0.1, -0.05) is 42.5 Å². The molecule has 27 heavy (non-hydrogen) atoms. The number of rotatable bonds is 7. The zero-order chi connectivity index (χ0) is 19.2. The molecule has 1 N–H and O–H groups in total. The van der Waals surface area contributed by atoms with Crippen molar-refractivity contribution in [3.63, 3.8) is 0 Å². The van der Waals surface area contributed by atoms with E-state index in [9.17, 15) is 14.0 Å². The molecule has 0 unspecified atom stereocenters. The summed E-state index contributed by atoms with van der Waals surface area (Å²) in [5.41, 5.74) is 1.17. The van der Waals surface area contributed by atoms with Gasteiger partial charge in [0, 0.05) is 37.8 Å². The van der Waals surface area contributed by atoms with Crippen LogP contribution in [0.4, 0.5) is 4.39 Å². The summed E-state index contributed by atoms with van der Waals surface area (Å²) in [6.07, 6.45) is 3.52. The fourth-order valence-corrected chi connectivity index (χ4v) is 2.87. The zero-order valence-electron chi connectivity index (χ0n) is 14.9. The van der Waals surface area contributed by atoms with Gasteiger partial charge < -0.3 is 9.88 Å². The van der Waals surface area contributed by atoms with Gasteiger partial charge in [0.15, 0.2) is 5.78 Å². The summed E-state index contributed by atoms with van der Waals surface area (Å²) >= 11 is 0. The van der Waals surface area contributed by atoms with E-state index in [1.165, 1.54) is 12.1 Å². The average molecular weight is 365 g/mol. The molecule has 1 aromatic heterocycles. The first-order chi connectivity index (χ1) is 13.0. The standard InChI is InChI=1S/C21H20FN3O2/c1-25-13-12-23-21(25)20(16-8-5-9-17(22)14-16)24-19(27)11-10-18(26)15-6-3-2-4-7-15/h2-9,12-14,20H,10-11H2,1H3,(H,24,27)/t20-/m1/s1. The minimum absolute atomic E-state index is 0.0456. The van der Waals surface area contributed by atoms with Crippen molar-refractivity contribution in [2.75, 3.05) is 0 Å². The van der Waals surface area contributed by atoms with Crippen molar-refractivity contribution in [3.8, 4) is 0 Å². The second-order valence-corrected chi connectivity index (χ2v) is 6.24. The van der Waals surface area contributed by atoms with E-state index in [-0.39, 0.29) is 30.3 Å². The van der Waals surface area contributed by atoms with E-state index in [1.807, 2.05) is 6.07 Å². The fraction of sp³-hybridized carbons (Fsp3) is 0.190. The van der Waals surface area contributed by atoms with Crippen molar-refractivity contribution in [1.82, 2.24) is 14.9 Å². The van der Waals surface area contributed by atoms with Gasteiger partial charge in [0.1, 0.15) is 17.7 Å². The normalized spacial score (nSPS) is 11.8. The van der Waals surface area contributed by atoms with Crippen LogP contribution in [0.2, 0.25) is 0 Å². The first-order valence-electron chi connectivity index (χ1n) is 8.65. The molecule has 0 saturated carbocycles. The summed E-state index contributed by atoms with van der Waals surface area (Å²) < 4.78 is 15.4. The summed E-state index contributed by atoms with van der Waals surface area (Å²) in [7, 11) is 1.81. The van der Waals surface area contributed by atoms with Crippen LogP contribution in [0.1, 0.15) is 40.6 Å². The third kappa shape index (κ3) is 4.67. The van der Waals surface area contributed by atoms with Crippen molar-refractivity contribution >= 4 is 11.7 Å². The third-order valence-electron chi connectivity index (χ3n) is 4.28. The molecule has 0 spiro atoms. The maximum absolute atomic E-state index is 13.7. The number of hydrogen-bond donors (Lipinski definition) is 1. The van der Waals surface area contributed by atoms with Gasteiger partial charge in [-0.05, 0) is 17.7 Å². The number of imidazole rings is 1. The molecule has 3 rings (SSSR count). The number of amides is 1. The molecule has 0 radical (unpaired) electrons. The Labute approximate surface area is 156 Å². The third-order valence-corrected chi connectivity index (χ3v) is 4.28. The van der Waals surface area contributed by atoms with Crippen LogP contribution in [-0.4, -0.2) is 21.2 Å². The summed E-state index contributed by atoms with van der Waals surface area (Å²) in [5, 5.41) is 2.87. The molecule has 1 heterocycles. The molecule has 0 aliphatic carbocycles. The highest BCUT2D eigenvalue weighted by atomic mass is 19.1. The lowest BCUT2D eigenvalue weighted by molar-refractivity contribution is -0.121. The lowest BCUT2D eigenvalue weighted by atomic mass is 10.0. The first-order valence-corrected chi connectivity index (χ1v) is 8.65. The van der Waals surface area contributed by atoms with Gasteiger partial charge in [-0.3, -0.25) is 9.59 Å².